The second-order valence-electron chi connectivity index (χ2n) is 6.08. The normalized spacial score (nSPS) is 11.1. The van der Waals surface area contributed by atoms with Crippen molar-refractivity contribution in [2.75, 3.05) is 45.3 Å². The van der Waals surface area contributed by atoms with Gasteiger partial charge in [-0.25, -0.2) is 8.42 Å². The number of carbonyl (C=O) groups excluding carboxylic acids is 1. The number of ether oxygens (including phenoxy) is 3. The zero-order valence-electron chi connectivity index (χ0n) is 16.5. The molecular formula is C20H26N2O6S. The molecule has 0 atom stereocenters. The molecular weight excluding hydrogens is 396 g/mol. The molecule has 0 unspecified atom stereocenters. The van der Waals surface area contributed by atoms with Gasteiger partial charge in [0.15, 0.2) is 0 Å². The van der Waals surface area contributed by atoms with Crippen LogP contribution < -0.4 is 14.8 Å². The maximum absolute atomic E-state index is 12.6. The number of nitrogens with one attached hydrogen (secondary N) is 2. The molecule has 2 aromatic rings. The van der Waals surface area contributed by atoms with Crippen molar-refractivity contribution in [1.29, 1.82) is 0 Å². The van der Waals surface area contributed by atoms with Gasteiger partial charge in [0.2, 0.25) is 0 Å². The molecule has 0 aliphatic rings. The summed E-state index contributed by atoms with van der Waals surface area (Å²) in [6.45, 7) is 1.96. The molecule has 2 N–H and O–H groups in total. The second kappa shape index (κ2) is 11.4. The molecule has 0 spiro atoms. The predicted octanol–water partition coefficient (Wildman–Crippen LogP) is 2.28. The molecule has 0 aliphatic heterocycles. The average Bonchev–Trinajstić information content (AvgIpc) is 2.73. The number of carbonyl (C=O) groups is 1. The largest absolute Gasteiger partial charge is 0.497 e. The van der Waals surface area contributed by atoms with Gasteiger partial charge < -0.3 is 19.5 Å². The molecule has 0 fully saturated rings. The van der Waals surface area contributed by atoms with E-state index in [0.717, 1.165) is 0 Å². The van der Waals surface area contributed by atoms with E-state index in [1.54, 1.807) is 37.4 Å². The highest BCUT2D eigenvalue weighted by atomic mass is 32.2. The Morgan fingerprint density at radius 3 is 2.45 bits per heavy atom. The Bertz CT molecular complexity index is 884. The number of methoxy groups -OCH3 is 2. The topological polar surface area (TPSA) is 103 Å². The third-order valence-corrected chi connectivity index (χ3v) is 5.31. The fourth-order valence-electron chi connectivity index (χ4n) is 2.40. The van der Waals surface area contributed by atoms with E-state index in [0.29, 0.717) is 44.2 Å². The Labute approximate surface area is 171 Å². The van der Waals surface area contributed by atoms with Crippen molar-refractivity contribution in [3.8, 4) is 5.75 Å². The van der Waals surface area contributed by atoms with Gasteiger partial charge in [0.1, 0.15) is 5.75 Å². The molecule has 0 bridgehead atoms. The van der Waals surface area contributed by atoms with E-state index in [1.165, 1.54) is 25.3 Å². The highest BCUT2D eigenvalue weighted by Crippen LogP contribution is 2.20. The highest BCUT2D eigenvalue weighted by Gasteiger charge is 2.16. The van der Waals surface area contributed by atoms with E-state index >= 15 is 0 Å². The van der Waals surface area contributed by atoms with Crippen molar-refractivity contribution in [3.05, 3.63) is 54.1 Å². The Kier molecular flexibility index (Phi) is 8.91. The lowest BCUT2D eigenvalue weighted by molar-refractivity contribution is 0.0688. The smallest absolute Gasteiger partial charge is 0.261 e. The van der Waals surface area contributed by atoms with E-state index in [4.69, 9.17) is 14.2 Å². The van der Waals surface area contributed by atoms with Crippen molar-refractivity contribution in [1.82, 2.24) is 5.32 Å². The second-order valence-corrected chi connectivity index (χ2v) is 7.76. The molecule has 0 aromatic heterocycles. The van der Waals surface area contributed by atoms with Crippen molar-refractivity contribution >= 4 is 21.6 Å². The van der Waals surface area contributed by atoms with Crippen LogP contribution in [0.3, 0.4) is 0 Å². The number of rotatable bonds is 12. The molecule has 0 saturated heterocycles. The number of amides is 1. The van der Waals surface area contributed by atoms with Gasteiger partial charge in [-0.3, -0.25) is 9.52 Å². The van der Waals surface area contributed by atoms with Crippen LogP contribution in [0.2, 0.25) is 0 Å². The minimum atomic E-state index is -3.83. The zero-order chi connectivity index (χ0) is 21.1. The van der Waals surface area contributed by atoms with Gasteiger partial charge in [-0.2, -0.15) is 0 Å². The monoisotopic (exact) mass is 422 g/mol. The summed E-state index contributed by atoms with van der Waals surface area (Å²) in [7, 11) is -0.696. The summed E-state index contributed by atoms with van der Waals surface area (Å²) in [5.41, 5.74) is 0.664. The average molecular weight is 423 g/mol. The van der Waals surface area contributed by atoms with Crippen molar-refractivity contribution in [2.24, 2.45) is 0 Å². The van der Waals surface area contributed by atoms with Crippen LogP contribution in [0.15, 0.2) is 53.4 Å². The fraction of sp³-hybridized carbons (Fsp3) is 0.350. The molecule has 0 heterocycles. The van der Waals surface area contributed by atoms with Crippen LogP contribution in [-0.4, -0.2) is 54.9 Å². The van der Waals surface area contributed by atoms with Crippen LogP contribution >= 0.6 is 0 Å². The molecule has 29 heavy (non-hydrogen) atoms. The van der Waals surface area contributed by atoms with Crippen molar-refractivity contribution in [2.45, 2.75) is 11.3 Å². The number of anilines is 1. The van der Waals surface area contributed by atoms with E-state index < -0.39 is 10.0 Å². The Balaban J connectivity index is 1.93. The molecule has 1 amide bonds. The minimum Gasteiger partial charge on any atom is -0.497 e. The summed E-state index contributed by atoms with van der Waals surface area (Å²) < 4.78 is 43.0. The minimum absolute atomic E-state index is 0.00358. The fourth-order valence-corrected chi connectivity index (χ4v) is 3.50. The van der Waals surface area contributed by atoms with Gasteiger partial charge in [0.05, 0.1) is 25.2 Å². The van der Waals surface area contributed by atoms with E-state index in [-0.39, 0.29) is 16.4 Å². The van der Waals surface area contributed by atoms with Gasteiger partial charge in [0, 0.05) is 31.5 Å². The Hall–Kier alpha value is -2.62. The van der Waals surface area contributed by atoms with Crippen LogP contribution in [0.25, 0.3) is 0 Å². The Morgan fingerprint density at radius 1 is 1.00 bits per heavy atom. The van der Waals surface area contributed by atoms with Crippen LogP contribution in [0.5, 0.6) is 5.75 Å². The molecule has 0 aliphatic carbocycles. The predicted molar refractivity (Wildman–Crippen MR) is 110 cm³/mol. The first-order chi connectivity index (χ1) is 14.0. The summed E-state index contributed by atoms with van der Waals surface area (Å²) in [6.07, 6.45) is 0.645. The first-order valence-electron chi connectivity index (χ1n) is 9.08. The Morgan fingerprint density at radius 2 is 1.76 bits per heavy atom. The molecule has 2 aromatic carbocycles. The number of hydrogen-bond donors (Lipinski definition) is 2. The molecule has 0 saturated carbocycles. The molecule has 2 rings (SSSR count). The van der Waals surface area contributed by atoms with Gasteiger partial charge in [0.25, 0.3) is 15.9 Å². The maximum atomic E-state index is 12.6. The summed E-state index contributed by atoms with van der Waals surface area (Å²) >= 11 is 0. The zero-order valence-corrected chi connectivity index (χ0v) is 17.3. The lowest BCUT2D eigenvalue weighted by Gasteiger charge is -2.10. The number of benzene rings is 2. The third-order valence-electron chi connectivity index (χ3n) is 3.93. The maximum Gasteiger partial charge on any atom is 0.261 e. The van der Waals surface area contributed by atoms with Crippen LogP contribution in [0.4, 0.5) is 5.69 Å². The molecule has 9 heteroatoms. The molecule has 158 valence electrons. The van der Waals surface area contributed by atoms with Crippen LogP contribution in [-0.2, 0) is 19.5 Å². The van der Waals surface area contributed by atoms with Gasteiger partial charge in [-0.05, 0) is 48.9 Å². The number of sulfonamides is 1. The lowest BCUT2D eigenvalue weighted by atomic mass is 10.2. The van der Waals surface area contributed by atoms with E-state index in [2.05, 4.69) is 10.0 Å². The van der Waals surface area contributed by atoms with E-state index in [9.17, 15) is 13.2 Å². The molecule has 8 nitrogen and oxygen atoms in total. The summed E-state index contributed by atoms with van der Waals surface area (Å²) in [5, 5.41) is 2.75. The molecule has 0 radical (unpaired) electrons. The standard InChI is InChI=1S/C20H26N2O6S/c1-26-13-14-28-12-4-11-21-20(23)16-5-3-6-19(15-16)29(24,25)22-17-7-9-18(27-2)10-8-17/h3,5-10,15,22H,4,11-14H2,1-2H3,(H,21,23). The lowest BCUT2D eigenvalue weighted by Crippen LogP contribution is -2.25. The third kappa shape index (κ3) is 7.37. The summed E-state index contributed by atoms with van der Waals surface area (Å²) in [5.74, 6) is 0.277. The first-order valence-corrected chi connectivity index (χ1v) is 10.6. The SMILES string of the molecule is COCCOCCCNC(=O)c1cccc(S(=O)(=O)Nc2ccc(OC)cc2)c1. The van der Waals surface area contributed by atoms with Gasteiger partial charge in [-0.1, -0.05) is 6.07 Å². The summed E-state index contributed by atoms with van der Waals surface area (Å²) in [6, 6.07) is 12.4. The van der Waals surface area contributed by atoms with Gasteiger partial charge >= 0.3 is 0 Å². The first kappa shape index (κ1) is 22.7. The van der Waals surface area contributed by atoms with Crippen molar-refractivity contribution in [3.63, 3.8) is 0 Å². The quantitative estimate of drug-likeness (QED) is 0.509. The van der Waals surface area contributed by atoms with Crippen LogP contribution in [0, 0.1) is 0 Å². The highest BCUT2D eigenvalue weighted by molar-refractivity contribution is 7.92. The van der Waals surface area contributed by atoms with Gasteiger partial charge in [-0.15, -0.1) is 0 Å². The number of hydrogen-bond acceptors (Lipinski definition) is 6. The van der Waals surface area contributed by atoms with Crippen molar-refractivity contribution < 1.29 is 27.4 Å². The van der Waals surface area contributed by atoms with E-state index in [1.807, 2.05) is 0 Å². The van der Waals surface area contributed by atoms with Crippen LogP contribution in [0.1, 0.15) is 16.8 Å². The summed E-state index contributed by atoms with van der Waals surface area (Å²) in [4.78, 5) is 12.3.